The molecule has 90 valence electrons. The summed E-state index contributed by atoms with van der Waals surface area (Å²) < 4.78 is 15.7. The van der Waals surface area contributed by atoms with Crippen LogP contribution in [0.3, 0.4) is 0 Å². The van der Waals surface area contributed by atoms with Crippen molar-refractivity contribution >= 4 is 11.7 Å². The molecule has 0 spiro atoms. The smallest absolute Gasteiger partial charge is 0.340 e. The summed E-state index contributed by atoms with van der Waals surface area (Å²) in [6.45, 7) is 0.163. The molecule has 5 nitrogen and oxygen atoms in total. The fourth-order valence-electron chi connectivity index (χ4n) is 1.84. The van der Waals surface area contributed by atoms with Crippen LogP contribution in [0.2, 0.25) is 0 Å². The molecule has 1 heterocycles. The maximum atomic E-state index is 11.9. The number of nitrogen functional groups attached to an aromatic ring is 1. The molecule has 1 aromatic carbocycles. The maximum Gasteiger partial charge on any atom is 0.340 e. The molecule has 2 N–H and O–H groups in total. The van der Waals surface area contributed by atoms with Crippen molar-refractivity contribution in [3.63, 3.8) is 0 Å². The van der Waals surface area contributed by atoms with Crippen molar-refractivity contribution < 1.29 is 19.0 Å². The first kappa shape index (κ1) is 10.3. The van der Waals surface area contributed by atoms with Gasteiger partial charge in [0, 0.05) is 12.1 Å². The first-order valence-electron chi connectivity index (χ1n) is 5.64. The number of fused-ring (bicyclic) bond motifs is 1. The van der Waals surface area contributed by atoms with Crippen LogP contribution in [0.4, 0.5) is 5.69 Å². The molecule has 0 amide bonds. The second-order valence-electron chi connectivity index (χ2n) is 4.25. The largest absolute Gasteiger partial charge is 0.459 e. The predicted molar refractivity (Wildman–Crippen MR) is 60.0 cm³/mol. The van der Waals surface area contributed by atoms with Gasteiger partial charge in [-0.05, 0) is 19.3 Å². The van der Waals surface area contributed by atoms with Gasteiger partial charge in [0.05, 0.1) is 11.3 Å². The van der Waals surface area contributed by atoms with Crippen molar-refractivity contribution in [3.8, 4) is 11.5 Å². The number of esters is 1. The summed E-state index contributed by atoms with van der Waals surface area (Å²) in [5.41, 5.74) is 6.50. The fraction of sp³-hybridized carbons (Fsp3) is 0.417. The van der Waals surface area contributed by atoms with Gasteiger partial charge in [-0.2, -0.15) is 0 Å². The van der Waals surface area contributed by atoms with Crippen LogP contribution in [0, 0.1) is 0 Å². The van der Waals surface area contributed by atoms with Crippen LogP contribution in [0.25, 0.3) is 0 Å². The first-order valence-corrected chi connectivity index (χ1v) is 5.64. The Morgan fingerprint density at radius 2 is 2.00 bits per heavy atom. The van der Waals surface area contributed by atoms with Gasteiger partial charge < -0.3 is 19.9 Å². The molecule has 1 saturated carbocycles. The lowest BCUT2D eigenvalue weighted by molar-refractivity contribution is 0.00910. The van der Waals surface area contributed by atoms with Gasteiger partial charge in [-0.15, -0.1) is 0 Å². The summed E-state index contributed by atoms with van der Waals surface area (Å²) in [6.07, 6.45) is 3.05. The fourth-order valence-corrected chi connectivity index (χ4v) is 1.84. The lowest BCUT2D eigenvalue weighted by Gasteiger charge is -2.25. The van der Waals surface area contributed by atoms with E-state index in [1.165, 1.54) is 0 Å². The van der Waals surface area contributed by atoms with E-state index in [1.54, 1.807) is 12.1 Å². The van der Waals surface area contributed by atoms with Gasteiger partial charge in [0.15, 0.2) is 11.5 Å². The zero-order chi connectivity index (χ0) is 11.8. The monoisotopic (exact) mass is 235 g/mol. The molecule has 5 heteroatoms. The van der Waals surface area contributed by atoms with Crippen molar-refractivity contribution in [2.24, 2.45) is 0 Å². The normalized spacial score (nSPS) is 17.6. The highest BCUT2D eigenvalue weighted by Gasteiger charge is 2.25. The van der Waals surface area contributed by atoms with Crippen molar-refractivity contribution in [3.05, 3.63) is 17.7 Å². The molecule has 0 bridgehead atoms. The third kappa shape index (κ3) is 1.77. The van der Waals surface area contributed by atoms with Crippen molar-refractivity contribution in [2.45, 2.75) is 25.4 Å². The molecule has 1 aliphatic heterocycles. The number of hydrogen-bond donors (Lipinski definition) is 1. The standard InChI is InChI=1S/C12H13NO4/c13-9-5-11-10(15-6-16-11)4-8(9)12(14)17-7-2-1-3-7/h4-5,7H,1-3,6,13H2. The molecule has 17 heavy (non-hydrogen) atoms. The summed E-state index contributed by atoms with van der Waals surface area (Å²) >= 11 is 0. The predicted octanol–water partition coefficient (Wildman–Crippen LogP) is 1.71. The Kier molecular flexibility index (Phi) is 2.31. The molecular weight excluding hydrogens is 222 g/mol. The third-order valence-corrected chi connectivity index (χ3v) is 3.09. The molecular formula is C12H13NO4. The average molecular weight is 235 g/mol. The second-order valence-corrected chi connectivity index (χ2v) is 4.25. The number of nitrogens with two attached hydrogens (primary N) is 1. The van der Waals surface area contributed by atoms with Crippen LogP contribution in [-0.2, 0) is 4.74 Å². The molecule has 2 aliphatic rings. The molecule has 0 unspecified atom stereocenters. The molecule has 1 aromatic rings. The Bertz CT molecular complexity index is 468. The number of anilines is 1. The zero-order valence-electron chi connectivity index (χ0n) is 9.27. The highest BCUT2D eigenvalue weighted by molar-refractivity contribution is 5.96. The van der Waals surface area contributed by atoms with Gasteiger partial charge in [-0.1, -0.05) is 0 Å². The molecule has 1 aliphatic carbocycles. The third-order valence-electron chi connectivity index (χ3n) is 3.09. The minimum Gasteiger partial charge on any atom is -0.459 e. The van der Waals surface area contributed by atoms with Gasteiger partial charge in [-0.25, -0.2) is 4.79 Å². The van der Waals surface area contributed by atoms with E-state index in [0.717, 1.165) is 19.3 Å². The summed E-state index contributed by atoms with van der Waals surface area (Å²) in [7, 11) is 0. The lowest BCUT2D eigenvalue weighted by atomic mass is 9.96. The number of carbonyl (C=O) groups excluding carboxylic acids is 1. The highest BCUT2D eigenvalue weighted by Crippen LogP contribution is 2.36. The van der Waals surface area contributed by atoms with E-state index in [9.17, 15) is 4.79 Å². The Morgan fingerprint density at radius 1 is 1.29 bits per heavy atom. The van der Waals surface area contributed by atoms with Gasteiger partial charge in [0.2, 0.25) is 6.79 Å². The van der Waals surface area contributed by atoms with Crippen LogP contribution in [0.5, 0.6) is 11.5 Å². The summed E-state index contributed by atoms with van der Waals surface area (Å²) in [5.74, 6) is 0.730. The van der Waals surface area contributed by atoms with Crippen molar-refractivity contribution in [2.75, 3.05) is 12.5 Å². The van der Waals surface area contributed by atoms with E-state index in [-0.39, 0.29) is 18.9 Å². The number of rotatable bonds is 2. The first-order chi connectivity index (χ1) is 8.24. The Labute approximate surface area is 98.5 Å². The highest BCUT2D eigenvalue weighted by atomic mass is 16.7. The summed E-state index contributed by atoms with van der Waals surface area (Å²) in [6, 6.07) is 3.18. The number of benzene rings is 1. The van der Waals surface area contributed by atoms with E-state index in [2.05, 4.69) is 0 Å². The van der Waals surface area contributed by atoms with Crippen LogP contribution in [0.15, 0.2) is 12.1 Å². The maximum absolute atomic E-state index is 11.9. The quantitative estimate of drug-likeness (QED) is 0.624. The summed E-state index contributed by atoms with van der Waals surface area (Å²) in [5, 5.41) is 0. The van der Waals surface area contributed by atoms with Crippen LogP contribution in [0.1, 0.15) is 29.6 Å². The topological polar surface area (TPSA) is 70.8 Å². The number of hydrogen-bond acceptors (Lipinski definition) is 5. The van der Waals surface area contributed by atoms with Crippen LogP contribution in [-0.4, -0.2) is 18.9 Å². The van der Waals surface area contributed by atoms with Crippen LogP contribution >= 0.6 is 0 Å². The molecule has 0 saturated heterocycles. The van der Waals surface area contributed by atoms with Gasteiger partial charge in [0.1, 0.15) is 6.10 Å². The minimum absolute atomic E-state index is 0.0484. The number of carbonyl (C=O) groups is 1. The molecule has 1 fully saturated rings. The van der Waals surface area contributed by atoms with Crippen molar-refractivity contribution in [1.29, 1.82) is 0 Å². The van der Waals surface area contributed by atoms with Gasteiger partial charge >= 0.3 is 5.97 Å². The molecule has 0 atom stereocenters. The minimum atomic E-state index is -0.384. The summed E-state index contributed by atoms with van der Waals surface area (Å²) in [4.78, 5) is 11.9. The van der Waals surface area contributed by atoms with Gasteiger partial charge in [-0.3, -0.25) is 0 Å². The molecule has 0 radical (unpaired) electrons. The molecule has 3 rings (SSSR count). The van der Waals surface area contributed by atoms with Crippen molar-refractivity contribution in [1.82, 2.24) is 0 Å². The number of ether oxygens (including phenoxy) is 3. The lowest BCUT2D eigenvalue weighted by Crippen LogP contribution is -2.25. The van der Waals surface area contributed by atoms with Crippen LogP contribution < -0.4 is 15.2 Å². The average Bonchev–Trinajstić information content (AvgIpc) is 2.68. The van der Waals surface area contributed by atoms with E-state index < -0.39 is 0 Å². The van der Waals surface area contributed by atoms with E-state index in [4.69, 9.17) is 19.9 Å². The Hall–Kier alpha value is -1.91. The van der Waals surface area contributed by atoms with E-state index in [0.29, 0.717) is 22.7 Å². The Balaban J connectivity index is 1.83. The van der Waals surface area contributed by atoms with Gasteiger partial charge in [0.25, 0.3) is 0 Å². The SMILES string of the molecule is Nc1cc2c(cc1C(=O)OC1CCC1)OCO2. The Morgan fingerprint density at radius 3 is 2.65 bits per heavy atom. The van der Waals surface area contributed by atoms with E-state index in [1.807, 2.05) is 0 Å². The molecule has 0 aromatic heterocycles. The van der Waals surface area contributed by atoms with E-state index >= 15 is 0 Å². The zero-order valence-corrected chi connectivity index (χ0v) is 9.27. The second kappa shape index (κ2) is 3.84.